The Bertz CT molecular complexity index is 643. The fourth-order valence-electron chi connectivity index (χ4n) is 3.23. The molecule has 3 heterocycles. The van der Waals surface area contributed by atoms with Crippen LogP contribution >= 0.6 is 0 Å². The van der Waals surface area contributed by atoms with E-state index in [9.17, 15) is 0 Å². The predicted molar refractivity (Wildman–Crippen MR) is 87.6 cm³/mol. The highest BCUT2D eigenvalue weighted by Crippen LogP contribution is 2.28. The first-order valence-electron chi connectivity index (χ1n) is 7.90. The Morgan fingerprint density at radius 1 is 0.682 bits per heavy atom. The number of aromatic nitrogens is 2. The van der Waals surface area contributed by atoms with Crippen molar-refractivity contribution >= 4 is 11.4 Å². The van der Waals surface area contributed by atoms with Crippen LogP contribution < -0.4 is 0 Å². The molecule has 0 aromatic carbocycles. The first-order chi connectivity index (χ1) is 10.9. The van der Waals surface area contributed by atoms with E-state index in [1.807, 2.05) is 36.4 Å². The van der Waals surface area contributed by atoms with E-state index in [1.165, 1.54) is 12.8 Å². The number of hydrogen-bond acceptors (Lipinski definition) is 4. The molecule has 2 aliphatic rings. The van der Waals surface area contributed by atoms with Crippen molar-refractivity contribution in [3.63, 3.8) is 0 Å². The van der Waals surface area contributed by atoms with Gasteiger partial charge in [-0.2, -0.15) is 0 Å². The fourth-order valence-corrected chi connectivity index (χ4v) is 3.23. The molecule has 2 aromatic rings. The second kappa shape index (κ2) is 5.79. The van der Waals surface area contributed by atoms with Crippen LogP contribution in [-0.2, 0) is 0 Å². The summed E-state index contributed by atoms with van der Waals surface area (Å²) in [5, 5.41) is 0. The topological polar surface area (TPSA) is 50.5 Å². The van der Waals surface area contributed by atoms with Crippen molar-refractivity contribution in [3.8, 4) is 0 Å². The molecule has 2 aromatic heterocycles. The van der Waals surface area contributed by atoms with Gasteiger partial charge >= 0.3 is 0 Å². The van der Waals surface area contributed by atoms with E-state index >= 15 is 0 Å². The summed E-state index contributed by atoms with van der Waals surface area (Å²) in [6.07, 6.45) is 8.35. The summed E-state index contributed by atoms with van der Waals surface area (Å²) in [4.78, 5) is 19.0. The molecule has 2 unspecified atom stereocenters. The molecule has 1 saturated carbocycles. The summed E-state index contributed by atoms with van der Waals surface area (Å²) in [6, 6.07) is 12.4. The minimum Gasteiger partial charge on any atom is -0.275 e. The number of fused-ring (bicyclic) bond motifs is 1. The van der Waals surface area contributed by atoms with Crippen molar-refractivity contribution in [2.45, 2.75) is 37.8 Å². The lowest BCUT2D eigenvalue weighted by Gasteiger charge is -2.31. The zero-order valence-corrected chi connectivity index (χ0v) is 12.4. The molecular formula is C18H18N4. The number of rotatable bonds is 2. The van der Waals surface area contributed by atoms with Crippen LogP contribution in [0, 0.1) is 0 Å². The van der Waals surface area contributed by atoms with Gasteiger partial charge in [0.05, 0.1) is 23.5 Å². The fraction of sp³-hybridized carbons (Fsp3) is 0.333. The first kappa shape index (κ1) is 13.3. The van der Waals surface area contributed by atoms with Crippen LogP contribution in [0.15, 0.2) is 58.8 Å². The van der Waals surface area contributed by atoms with Crippen molar-refractivity contribution in [1.29, 1.82) is 0 Å². The molecule has 4 heteroatoms. The summed E-state index contributed by atoms with van der Waals surface area (Å²) in [5.41, 5.74) is 3.55. The molecule has 4 rings (SSSR count). The zero-order valence-electron chi connectivity index (χ0n) is 12.4. The normalized spacial score (nSPS) is 24.2. The maximum Gasteiger partial charge on any atom is 0.111 e. The average Bonchev–Trinajstić information content (AvgIpc) is 2.62. The molecule has 1 aliphatic carbocycles. The molecule has 0 N–H and O–H groups in total. The van der Waals surface area contributed by atoms with E-state index in [4.69, 9.17) is 9.98 Å². The minimum atomic E-state index is 0.304. The van der Waals surface area contributed by atoms with E-state index in [0.29, 0.717) is 12.1 Å². The van der Waals surface area contributed by atoms with Gasteiger partial charge in [-0.1, -0.05) is 25.0 Å². The third kappa shape index (κ3) is 2.45. The van der Waals surface area contributed by atoms with E-state index in [2.05, 4.69) is 9.97 Å². The second-order valence-corrected chi connectivity index (χ2v) is 5.80. The lowest BCUT2D eigenvalue weighted by molar-refractivity contribution is 0.386. The number of pyridine rings is 2. The van der Waals surface area contributed by atoms with Crippen LogP contribution in [0.2, 0.25) is 0 Å². The molecule has 4 nitrogen and oxygen atoms in total. The highest BCUT2D eigenvalue weighted by Gasteiger charge is 2.31. The van der Waals surface area contributed by atoms with Crippen LogP contribution in [0.3, 0.4) is 0 Å². The smallest absolute Gasteiger partial charge is 0.111 e. The molecule has 1 fully saturated rings. The van der Waals surface area contributed by atoms with Crippen LogP contribution in [0.1, 0.15) is 37.1 Å². The maximum absolute atomic E-state index is 5.02. The maximum atomic E-state index is 5.02. The Morgan fingerprint density at radius 2 is 1.18 bits per heavy atom. The van der Waals surface area contributed by atoms with Gasteiger partial charge in [0, 0.05) is 12.4 Å². The summed E-state index contributed by atoms with van der Waals surface area (Å²) < 4.78 is 0. The highest BCUT2D eigenvalue weighted by atomic mass is 15.0. The van der Waals surface area contributed by atoms with Gasteiger partial charge in [0.25, 0.3) is 0 Å². The van der Waals surface area contributed by atoms with E-state index in [-0.39, 0.29) is 0 Å². The van der Waals surface area contributed by atoms with Crippen molar-refractivity contribution in [2.75, 3.05) is 0 Å². The third-order valence-corrected chi connectivity index (χ3v) is 4.32. The highest BCUT2D eigenvalue weighted by molar-refractivity contribution is 6.53. The number of aliphatic imine (C=N–C) groups is 2. The molecule has 2 atom stereocenters. The first-order valence-corrected chi connectivity index (χ1v) is 7.90. The van der Waals surface area contributed by atoms with Crippen LogP contribution in [-0.4, -0.2) is 33.5 Å². The number of hydrogen-bond donors (Lipinski definition) is 0. The monoisotopic (exact) mass is 290 g/mol. The molecule has 1 aliphatic heterocycles. The molecule has 0 spiro atoms. The van der Waals surface area contributed by atoms with Gasteiger partial charge in [0.15, 0.2) is 0 Å². The Kier molecular flexibility index (Phi) is 3.51. The molecule has 0 amide bonds. The van der Waals surface area contributed by atoms with Crippen LogP contribution in [0.4, 0.5) is 0 Å². The summed E-state index contributed by atoms with van der Waals surface area (Å²) >= 11 is 0. The average molecular weight is 290 g/mol. The standard InChI is InChI=1S/C18H18N4/c1-2-8-14-13(7-1)21-17(15-9-3-5-11-19-15)18(22-14)16-10-4-6-12-20-16/h3-6,9-14H,1-2,7-8H2. The third-order valence-electron chi connectivity index (χ3n) is 4.32. The van der Waals surface area contributed by atoms with Crippen molar-refractivity contribution in [1.82, 2.24) is 9.97 Å². The van der Waals surface area contributed by atoms with Gasteiger partial charge in [0.1, 0.15) is 11.4 Å². The molecular weight excluding hydrogens is 272 g/mol. The second-order valence-electron chi connectivity index (χ2n) is 5.80. The van der Waals surface area contributed by atoms with Crippen LogP contribution in [0.25, 0.3) is 0 Å². The predicted octanol–water partition coefficient (Wildman–Crippen LogP) is 3.08. The van der Waals surface area contributed by atoms with Crippen LogP contribution in [0.5, 0.6) is 0 Å². The van der Waals surface area contributed by atoms with Gasteiger partial charge in [0.2, 0.25) is 0 Å². The Morgan fingerprint density at radius 3 is 1.59 bits per heavy atom. The minimum absolute atomic E-state index is 0.304. The van der Waals surface area contributed by atoms with Gasteiger partial charge in [-0.3, -0.25) is 20.0 Å². The lowest BCUT2D eigenvalue weighted by atomic mass is 9.88. The van der Waals surface area contributed by atoms with Crippen molar-refractivity contribution in [3.05, 3.63) is 60.2 Å². The Hall–Kier alpha value is -2.36. The van der Waals surface area contributed by atoms with E-state index < -0.39 is 0 Å². The van der Waals surface area contributed by atoms with E-state index in [1.54, 1.807) is 12.4 Å². The van der Waals surface area contributed by atoms with Crippen molar-refractivity contribution in [2.24, 2.45) is 9.98 Å². The molecule has 0 radical (unpaired) electrons. The van der Waals surface area contributed by atoms with Gasteiger partial charge in [-0.15, -0.1) is 0 Å². The lowest BCUT2D eigenvalue weighted by Crippen LogP contribution is -2.36. The molecule has 0 bridgehead atoms. The SMILES string of the molecule is c1ccc(C2=NC3CCCCC3N=C2c2ccccn2)nc1. The number of nitrogens with zero attached hydrogens (tertiary/aromatic N) is 4. The van der Waals surface area contributed by atoms with Gasteiger partial charge in [-0.25, -0.2) is 0 Å². The van der Waals surface area contributed by atoms with Gasteiger partial charge < -0.3 is 0 Å². The summed E-state index contributed by atoms with van der Waals surface area (Å²) in [5.74, 6) is 0. The summed E-state index contributed by atoms with van der Waals surface area (Å²) in [7, 11) is 0. The summed E-state index contributed by atoms with van der Waals surface area (Å²) in [6.45, 7) is 0. The largest absolute Gasteiger partial charge is 0.275 e. The quantitative estimate of drug-likeness (QED) is 0.853. The Balaban J connectivity index is 1.81. The molecule has 0 saturated heterocycles. The van der Waals surface area contributed by atoms with Gasteiger partial charge in [-0.05, 0) is 37.1 Å². The van der Waals surface area contributed by atoms with Crippen molar-refractivity contribution < 1.29 is 0 Å². The molecule has 110 valence electrons. The Labute approximate surface area is 130 Å². The van der Waals surface area contributed by atoms with E-state index in [0.717, 1.165) is 35.7 Å². The molecule has 22 heavy (non-hydrogen) atoms. The zero-order chi connectivity index (χ0) is 14.8.